The zero-order chi connectivity index (χ0) is 11.7. The van der Waals surface area contributed by atoms with Crippen molar-refractivity contribution in [2.75, 3.05) is 12.0 Å². The van der Waals surface area contributed by atoms with Gasteiger partial charge in [-0.05, 0) is 18.4 Å². The first-order chi connectivity index (χ1) is 7.63. The van der Waals surface area contributed by atoms with Crippen LogP contribution in [0, 0.1) is 11.6 Å². The van der Waals surface area contributed by atoms with E-state index in [2.05, 4.69) is 10.2 Å². The number of nitrogen functional groups attached to an aromatic ring is 1. The SMILES string of the molecule is CSc1cc(F)c(-c2cn[nH]c2N)cc1F. The molecule has 6 heteroatoms. The van der Waals surface area contributed by atoms with Crippen LogP contribution in [-0.2, 0) is 0 Å². The molecule has 84 valence electrons. The third-order valence-corrected chi connectivity index (χ3v) is 2.95. The summed E-state index contributed by atoms with van der Waals surface area (Å²) in [5.41, 5.74) is 6.03. The summed E-state index contributed by atoms with van der Waals surface area (Å²) in [6.45, 7) is 0. The van der Waals surface area contributed by atoms with Crippen LogP contribution in [0.4, 0.5) is 14.6 Å². The minimum atomic E-state index is -0.515. The molecular formula is C10H9F2N3S. The number of hydrogen-bond acceptors (Lipinski definition) is 3. The molecule has 0 atom stereocenters. The van der Waals surface area contributed by atoms with Crippen molar-refractivity contribution < 1.29 is 8.78 Å². The molecule has 0 saturated heterocycles. The second kappa shape index (κ2) is 4.13. The zero-order valence-electron chi connectivity index (χ0n) is 8.42. The van der Waals surface area contributed by atoms with Crippen molar-refractivity contribution in [2.45, 2.75) is 4.90 Å². The summed E-state index contributed by atoms with van der Waals surface area (Å²) in [4.78, 5) is 0.267. The molecule has 16 heavy (non-hydrogen) atoms. The second-order valence-corrected chi connectivity index (χ2v) is 4.01. The number of aromatic amines is 1. The molecule has 0 unspecified atom stereocenters. The molecule has 3 N–H and O–H groups in total. The Morgan fingerprint density at radius 1 is 1.25 bits per heavy atom. The molecule has 0 bridgehead atoms. The molecule has 0 aliphatic carbocycles. The van der Waals surface area contributed by atoms with Crippen molar-refractivity contribution in [1.82, 2.24) is 10.2 Å². The lowest BCUT2D eigenvalue weighted by molar-refractivity contribution is 0.580. The number of nitrogens with zero attached hydrogens (tertiary/aromatic N) is 1. The molecule has 0 aliphatic rings. The first kappa shape index (κ1) is 10.9. The van der Waals surface area contributed by atoms with Gasteiger partial charge in [0.1, 0.15) is 17.5 Å². The smallest absolute Gasteiger partial charge is 0.137 e. The standard InChI is InChI=1S/C10H9F2N3S/c1-16-9-3-7(11)5(2-8(9)12)6-4-14-15-10(6)13/h2-4H,1H3,(H3,13,14,15). The number of aromatic nitrogens is 2. The quantitative estimate of drug-likeness (QED) is 0.795. The molecule has 1 aromatic carbocycles. The fourth-order valence-electron chi connectivity index (χ4n) is 1.40. The van der Waals surface area contributed by atoms with E-state index in [9.17, 15) is 8.78 Å². The average Bonchev–Trinajstić information content (AvgIpc) is 2.67. The normalized spacial score (nSPS) is 10.7. The van der Waals surface area contributed by atoms with Gasteiger partial charge in [0, 0.05) is 16.0 Å². The summed E-state index contributed by atoms with van der Waals surface area (Å²) in [7, 11) is 0. The molecule has 1 aromatic heterocycles. The van der Waals surface area contributed by atoms with E-state index < -0.39 is 11.6 Å². The average molecular weight is 241 g/mol. The van der Waals surface area contributed by atoms with E-state index in [1.807, 2.05) is 0 Å². The molecule has 0 saturated carbocycles. The Labute approximate surface area is 95.0 Å². The molecular weight excluding hydrogens is 232 g/mol. The Morgan fingerprint density at radius 2 is 2.00 bits per heavy atom. The topological polar surface area (TPSA) is 54.7 Å². The van der Waals surface area contributed by atoms with Crippen LogP contribution >= 0.6 is 11.8 Å². The second-order valence-electron chi connectivity index (χ2n) is 3.16. The molecule has 0 radical (unpaired) electrons. The number of rotatable bonds is 2. The van der Waals surface area contributed by atoms with Crippen LogP contribution in [0.5, 0.6) is 0 Å². The van der Waals surface area contributed by atoms with E-state index in [1.54, 1.807) is 6.26 Å². The summed E-state index contributed by atoms with van der Waals surface area (Å²) in [6.07, 6.45) is 3.05. The van der Waals surface area contributed by atoms with Gasteiger partial charge in [-0.2, -0.15) is 5.10 Å². The monoisotopic (exact) mass is 241 g/mol. The van der Waals surface area contributed by atoms with Crippen molar-refractivity contribution in [2.24, 2.45) is 0 Å². The van der Waals surface area contributed by atoms with E-state index >= 15 is 0 Å². The number of anilines is 1. The van der Waals surface area contributed by atoms with E-state index in [1.165, 1.54) is 6.20 Å². The third-order valence-electron chi connectivity index (χ3n) is 2.20. The van der Waals surface area contributed by atoms with Gasteiger partial charge in [-0.15, -0.1) is 11.8 Å². The van der Waals surface area contributed by atoms with Crippen molar-refractivity contribution in [3.63, 3.8) is 0 Å². The van der Waals surface area contributed by atoms with Crippen LogP contribution in [-0.4, -0.2) is 16.5 Å². The minimum absolute atomic E-state index is 0.113. The summed E-state index contributed by atoms with van der Waals surface area (Å²) < 4.78 is 27.2. The Hall–Kier alpha value is -1.56. The van der Waals surface area contributed by atoms with Crippen LogP contribution < -0.4 is 5.73 Å². The fraction of sp³-hybridized carbons (Fsp3) is 0.100. The van der Waals surface area contributed by atoms with Gasteiger partial charge >= 0.3 is 0 Å². The highest BCUT2D eigenvalue weighted by Crippen LogP contribution is 2.31. The molecule has 0 aliphatic heterocycles. The predicted molar refractivity (Wildman–Crippen MR) is 60.1 cm³/mol. The summed E-state index contributed by atoms with van der Waals surface area (Å²) in [5.74, 6) is -0.765. The Balaban J connectivity index is 2.59. The van der Waals surface area contributed by atoms with Gasteiger partial charge in [0.05, 0.1) is 6.20 Å². The molecule has 0 fully saturated rings. The Kier molecular flexibility index (Phi) is 2.82. The van der Waals surface area contributed by atoms with Gasteiger partial charge in [0.2, 0.25) is 0 Å². The molecule has 3 nitrogen and oxygen atoms in total. The fourth-order valence-corrected chi connectivity index (χ4v) is 1.88. The number of nitrogens with one attached hydrogen (secondary N) is 1. The number of H-pyrrole nitrogens is 1. The zero-order valence-corrected chi connectivity index (χ0v) is 9.24. The van der Waals surface area contributed by atoms with Crippen LogP contribution in [0.15, 0.2) is 23.2 Å². The number of hydrogen-bond donors (Lipinski definition) is 2. The maximum absolute atomic E-state index is 13.7. The highest BCUT2D eigenvalue weighted by atomic mass is 32.2. The maximum Gasteiger partial charge on any atom is 0.137 e. The van der Waals surface area contributed by atoms with Crippen molar-refractivity contribution in [3.05, 3.63) is 30.0 Å². The summed E-state index contributed by atoms with van der Waals surface area (Å²) in [6, 6.07) is 2.28. The third kappa shape index (κ3) is 1.76. The number of benzene rings is 1. The number of halogens is 2. The first-order valence-electron chi connectivity index (χ1n) is 4.45. The van der Waals surface area contributed by atoms with Gasteiger partial charge in [0.15, 0.2) is 0 Å². The van der Waals surface area contributed by atoms with Gasteiger partial charge < -0.3 is 5.73 Å². The van der Waals surface area contributed by atoms with Gasteiger partial charge in [-0.1, -0.05) is 0 Å². The molecule has 0 amide bonds. The Morgan fingerprint density at radius 3 is 2.56 bits per heavy atom. The summed E-state index contributed by atoms with van der Waals surface area (Å²) >= 11 is 1.15. The van der Waals surface area contributed by atoms with Crippen molar-refractivity contribution in [3.8, 4) is 11.1 Å². The van der Waals surface area contributed by atoms with E-state index in [4.69, 9.17) is 5.73 Å². The highest BCUT2D eigenvalue weighted by Gasteiger charge is 2.14. The molecule has 0 spiro atoms. The molecule has 1 heterocycles. The molecule has 2 rings (SSSR count). The van der Waals surface area contributed by atoms with Gasteiger partial charge in [0.25, 0.3) is 0 Å². The largest absolute Gasteiger partial charge is 0.384 e. The lowest BCUT2D eigenvalue weighted by Crippen LogP contribution is -1.92. The summed E-state index contributed by atoms with van der Waals surface area (Å²) in [5, 5.41) is 6.14. The van der Waals surface area contributed by atoms with Crippen molar-refractivity contribution >= 4 is 17.6 Å². The lowest BCUT2D eigenvalue weighted by atomic mass is 10.1. The van der Waals surface area contributed by atoms with Crippen molar-refractivity contribution in [1.29, 1.82) is 0 Å². The number of thioether (sulfide) groups is 1. The maximum atomic E-state index is 13.7. The van der Waals surface area contributed by atoms with E-state index in [-0.39, 0.29) is 16.3 Å². The highest BCUT2D eigenvalue weighted by molar-refractivity contribution is 7.98. The van der Waals surface area contributed by atoms with Crippen LogP contribution in [0.25, 0.3) is 11.1 Å². The first-order valence-corrected chi connectivity index (χ1v) is 5.68. The lowest BCUT2D eigenvalue weighted by Gasteiger charge is -2.05. The van der Waals surface area contributed by atoms with E-state index in [0.717, 1.165) is 23.9 Å². The number of nitrogens with two attached hydrogens (primary N) is 1. The van der Waals surface area contributed by atoms with Crippen LogP contribution in [0.2, 0.25) is 0 Å². The van der Waals surface area contributed by atoms with Crippen LogP contribution in [0.3, 0.4) is 0 Å². The predicted octanol–water partition coefficient (Wildman–Crippen LogP) is 2.66. The van der Waals surface area contributed by atoms with Crippen LogP contribution in [0.1, 0.15) is 0 Å². The molecule has 2 aromatic rings. The minimum Gasteiger partial charge on any atom is -0.384 e. The van der Waals surface area contributed by atoms with Gasteiger partial charge in [-0.3, -0.25) is 5.10 Å². The Bertz CT molecular complexity index is 525. The van der Waals surface area contributed by atoms with E-state index in [0.29, 0.717) is 5.56 Å². The van der Waals surface area contributed by atoms with Gasteiger partial charge in [-0.25, -0.2) is 8.78 Å².